The molecule has 0 saturated heterocycles. The van der Waals surface area contributed by atoms with Crippen molar-refractivity contribution in [2.75, 3.05) is 0 Å². The molecule has 0 amide bonds. The Bertz CT molecular complexity index is 671. The van der Waals surface area contributed by atoms with E-state index < -0.39 is 0 Å². The highest BCUT2D eigenvalue weighted by Gasteiger charge is 2.28. The minimum absolute atomic E-state index is 0.317. The zero-order valence-corrected chi connectivity index (χ0v) is 15.4. The number of allylic oxidation sites excluding steroid dienone is 1. The van der Waals surface area contributed by atoms with E-state index in [-0.39, 0.29) is 0 Å². The van der Waals surface area contributed by atoms with Crippen LogP contribution in [0.1, 0.15) is 88.3 Å². The van der Waals surface area contributed by atoms with Crippen LogP contribution >= 0.6 is 0 Å². The van der Waals surface area contributed by atoms with Gasteiger partial charge in [-0.05, 0) is 54.2 Å². The maximum Gasteiger partial charge on any atom is 0.0665 e. The molecule has 1 aromatic carbocycles. The van der Waals surface area contributed by atoms with Crippen LogP contribution < -0.4 is 0 Å². The summed E-state index contributed by atoms with van der Waals surface area (Å²) in [5.74, 6) is 0.896. The molecule has 0 atom stereocenters. The molecule has 3 aliphatic rings. The normalized spacial score (nSPS) is 23.6. The molecule has 128 valence electrons. The molecule has 24 heavy (non-hydrogen) atoms. The molecule has 1 heterocycles. The molecular weight excluding hydrogens is 290 g/mol. The van der Waals surface area contributed by atoms with E-state index in [0.29, 0.717) is 5.41 Å². The van der Waals surface area contributed by atoms with Gasteiger partial charge in [-0.15, -0.1) is 0 Å². The molecule has 1 aromatic rings. The Kier molecular flexibility index (Phi) is 4.37. The second-order valence-electron chi connectivity index (χ2n) is 8.79. The Labute approximate surface area is 147 Å². The van der Waals surface area contributed by atoms with Gasteiger partial charge in [0, 0.05) is 17.7 Å². The van der Waals surface area contributed by atoms with Gasteiger partial charge in [0.15, 0.2) is 0 Å². The van der Waals surface area contributed by atoms with E-state index in [1.807, 2.05) is 0 Å². The predicted octanol–water partition coefficient (Wildman–Crippen LogP) is 6.46. The lowest BCUT2D eigenvalue weighted by Gasteiger charge is -2.33. The molecule has 0 unspecified atom stereocenters. The second kappa shape index (κ2) is 6.50. The molecular formula is C23H31N. The largest absolute Gasteiger partial charge is 0.257 e. The van der Waals surface area contributed by atoms with Gasteiger partial charge in [-0.1, -0.05) is 64.2 Å². The molecule has 2 aliphatic carbocycles. The fourth-order valence-corrected chi connectivity index (χ4v) is 4.95. The van der Waals surface area contributed by atoms with Gasteiger partial charge < -0.3 is 0 Å². The van der Waals surface area contributed by atoms with Crippen molar-refractivity contribution in [1.29, 1.82) is 0 Å². The molecule has 4 rings (SSSR count). The predicted molar refractivity (Wildman–Crippen MR) is 104 cm³/mol. The molecule has 1 saturated carbocycles. The Morgan fingerprint density at radius 1 is 1.08 bits per heavy atom. The summed E-state index contributed by atoms with van der Waals surface area (Å²) in [6.07, 6.45) is 15.7. The van der Waals surface area contributed by atoms with Gasteiger partial charge in [-0.2, -0.15) is 0 Å². The first-order valence-electron chi connectivity index (χ1n) is 10.0. The summed E-state index contributed by atoms with van der Waals surface area (Å²) in [7, 11) is 0. The number of aliphatic imine (C=N–C) groups is 1. The molecule has 0 N–H and O–H groups in total. The number of rotatable bonds is 3. The van der Waals surface area contributed by atoms with Crippen LogP contribution in [0.4, 0.5) is 0 Å². The summed E-state index contributed by atoms with van der Waals surface area (Å²) in [4.78, 5) is 5.03. The first-order chi connectivity index (χ1) is 11.6. The molecule has 1 aliphatic heterocycles. The van der Waals surface area contributed by atoms with Gasteiger partial charge in [0.2, 0.25) is 0 Å². The average Bonchev–Trinajstić information content (AvgIpc) is 3.04. The number of benzene rings is 1. The third kappa shape index (κ3) is 3.23. The molecule has 0 aromatic heterocycles. The quantitative estimate of drug-likeness (QED) is 0.606. The minimum atomic E-state index is 0.317. The maximum atomic E-state index is 5.03. The zero-order chi connectivity index (χ0) is 16.6. The van der Waals surface area contributed by atoms with Crippen molar-refractivity contribution in [1.82, 2.24) is 0 Å². The van der Waals surface area contributed by atoms with Crippen molar-refractivity contribution in [3.63, 3.8) is 0 Å². The molecule has 1 nitrogen and oxygen atoms in total. The summed E-state index contributed by atoms with van der Waals surface area (Å²) in [5, 5.41) is 0. The number of hydrogen-bond acceptors (Lipinski definition) is 1. The van der Waals surface area contributed by atoms with Crippen LogP contribution in [0.25, 0.3) is 5.70 Å². The van der Waals surface area contributed by atoms with E-state index in [2.05, 4.69) is 38.1 Å². The summed E-state index contributed by atoms with van der Waals surface area (Å²) in [5.41, 5.74) is 7.42. The SMILES string of the molecule is CC1(C)CCCc2ccc(C3=CCC(CC4CCCCC4)=N3)cc21. The van der Waals surface area contributed by atoms with E-state index in [1.165, 1.54) is 74.8 Å². The van der Waals surface area contributed by atoms with Gasteiger partial charge in [0.25, 0.3) is 0 Å². The van der Waals surface area contributed by atoms with Crippen molar-refractivity contribution in [2.24, 2.45) is 10.9 Å². The minimum Gasteiger partial charge on any atom is -0.257 e. The molecule has 0 bridgehead atoms. The maximum absolute atomic E-state index is 5.03. The summed E-state index contributed by atoms with van der Waals surface area (Å²) in [6.45, 7) is 4.80. The lowest BCUT2D eigenvalue weighted by atomic mass is 9.72. The number of aryl methyl sites for hydroxylation is 1. The first-order valence-corrected chi connectivity index (χ1v) is 10.0. The highest BCUT2D eigenvalue weighted by Crippen LogP contribution is 2.39. The standard InChI is InChI=1S/C23H31N/c1-23(2)14-6-9-18-10-11-19(16-21(18)23)22-13-12-20(24-22)15-17-7-4-3-5-8-17/h10-11,13,16-17H,3-9,12,14-15H2,1-2H3. The lowest BCUT2D eigenvalue weighted by Crippen LogP contribution is -2.23. The number of hydrogen-bond donors (Lipinski definition) is 0. The van der Waals surface area contributed by atoms with Crippen molar-refractivity contribution in [3.05, 3.63) is 41.0 Å². The van der Waals surface area contributed by atoms with Crippen LogP contribution in [0.5, 0.6) is 0 Å². The van der Waals surface area contributed by atoms with Crippen LogP contribution in [0.2, 0.25) is 0 Å². The summed E-state index contributed by atoms with van der Waals surface area (Å²) < 4.78 is 0. The van der Waals surface area contributed by atoms with Crippen LogP contribution in [0.3, 0.4) is 0 Å². The Hall–Kier alpha value is -1.37. The third-order valence-electron chi connectivity index (χ3n) is 6.44. The van der Waals surface area contributed by atoms with Gasteiger partial charge in [0.1, 0.15) is 0 Å². The Morgan fingerprint density at radius 2 is 1.92 bits per heavy atom. The van der Waals surface area contributed by atoms with E-state index in [1.54, 1.807) is 11.1 Å². The monoisotopic (exact) mass is 321 g/mol. The molecule has 0 radical (unpaired) electrons. The van der Waals surface area contributed by atoms with Crippen molar-refractivity contribution < 1.29 is 0 Å². The fourth-order valence-electron chi connectivity index (χ4n) is 4.95. The van der Waals surface area contributed by atoms with E-state index >= 15 is 0 Å². The van der Waals surface area contributed by atoms with Crippen LogP contribution in [0, 0.1) is 5.92 Å². The van der Waals surface area contributed by atoms with E-state index in [9.17, 15) is 0 Å². The van der Waals surface area contributed by atoms with Crippen LogP contribution in [-0.4, -0.2) is 5.71 Å². The lowest BCUT2D eigenvalue weighted by molar-refractivity contribution is 0.367. The smallest absolute Gasteiger partial charge is 0.0665 e. The average molecular weight is 322 g/mol. The Balaban J connectivity index is 1.52. The summed E-state index contributed by atoms with van der Waals surface area (Å²) in [6, 6.07) is 7.10. The molecule has 1 fully saturated rings. The molecule has 1 heteroatoms. The highest BCUT2D eigenvalue weighted by atomic mass is 14.8. The van der Waals surface area contributed by atoms with Crippen molar-refractivity contribution in [3.8, 4) is 0 Å². The topological polar surface area (TPSA) is 12.4 Å². The number of fused-ring (bicyclic) bond motifs is 1. The van der Waals surface area contributed by atoms with Crippen molar-refractivity contribution >= 4 is 11.4 Å². The van der Waals surface area contributed by atoms with Crippen LogP contribution in [-0.2, 0) is 11.8 Å². The molecule has 0 spiro atoms. The second-order valence-corrected chi connectivity index (χ2v) is 8.79. The van der Waals surface area contributed by atoms with Gasteiger partial charge in [-0.25, -0.2) is 0 Å². The zero-order valence-electron chi connectivity index (χ0n) is 15.4. The highest BCUT2D eigenvalue weighted by molar-refractivity contribution is 5.96. The number of nitrogens with zero attached hydrogens (tertiary/aromatic N) is 1. The van der Waals surface area contributed by atoms with Gasteiger partial charge in [-0.3, -0.25) is 4.99 Å². The van der Waals surface area contributed by atoms with E-state index in [0.717, 1.165) is 12.3 Å². The first kappa shape index (κ1) is 16.1. The fraction of sp³-hybridized carbons (Fsp3) is 0.609. The van der Waals surface area contributed by atoms with E-state index in [4.69, 9.17) is 4.99 Å². The third-order valence-corrected chi connectivity index (χ3v) is 6.44. The van der Waals surface area contributed by atoms with Crippen molar-refractivity contribution in [2.45, 2.75) is 83.5 Å². The summed E-state index contributed by atoms with van der Waals surface area (Å²) >= 11 is 0. The van der Waals surface area contributed by atoms with Gasteiger partial charge in [0.05, 0.1) is 5.70 Å². The Morgan fingerprint density at radius 3 is 2.75 bits per heavy atom. The van der Waals surface area contributed by atoms with Gasteiger partial charge >= 0.3 is 0 Å². The van der Waals surface area contributed by atoms with Crippen LogP contribution in [0.15, 0.2) is 29.3 Å².